The Morgan fingerprint density at radius 3 is 2.35 bits per heavy atom. The average Bonchev–Trinajstić information content (AvgIpc) is 2.41. The number of non-ortho nitro benzene ring substituents is 1. The van der Waals surface area contributed by atoms with Gasteiger partial charge in [-0.05, 0) is 30.3 Å². The summed E-state index contributed by atoms with van der Waals surface area (Å²) in [6, 6.07) is 9.55. The monoisotopic (exact) mass is 293 g/mol. The summed E-state index contributed by atoms with van der Waals surface area (Å²) < 4.78 is 5.43. The number of hydrogen-bond donors (Lipinski definition) is 1. The lowest BCUT2D eigenvalue weighted by molar-refractivity contribution is -0.384. The van der Waals surface area contributed by atoms with Crippen LogP contribution in [0.1, 0.15) is 10.4 Å². The Kier molecular flexibility index (Phi) is 3.86. The molecular formula is C13H8ClNO5. The summed E-state index contributed by atoms with van der Waals surface area (Å²) in [5, 5.41) is 19.4. The van der Waals surface area contributed by atoms with Crippen LogP contribution in [0.25, 0.3) is 0 Å². The van der Waals surface area contributed by atoms with Gasteiger partial charge < -0.3 is 9.84 Å². The van der Waals surface area contributed by atoms with E-state index in [2.05, 4.69) is 0 Å². The Bertz CT molecular complexity index is 669. The average molecular weight is 294 g/mol. The van der Waals surface area contributed by atoms with E-state index in [0.29, 0.717) is 5.75 Å². The number of halogens is 1. The van der Waals surface area contributed by atoms with Gasteiger partial charge in [0, 0.05) is 12.1 Å². The molecule has 2 rings (SSSR count). The van der Waals surface area contributed by atoms with E-state index in [4.69, 9.17) is 21.4 Å². The van der Waals surface area contributed by atoms with Crippen molar-refractivity contribution < 1.29 is 19.6 Å². The van der Waals surface area contributed by atoms with E-state index in [1.54, 1.807) is 0 Å². The number of carboxylic acids is 1. The fraction of sp³-hybridized carbons (Fsp3) is 0. The SMILES string of the molecule is O=C(O)c1ccc(Oc2ccc([N+](=O)[O-])cc2Cl)cc1. The van der Waals surface area contributed by atoms with Crippen LogP contribution in [0.5, 0.6) is 11.5 Å². The Labute approximate surface area is 118 Å². The smallest absolute Gasteiger partial charge is 0.335 e. The van der Waals surface area contributed by atoms with Gasteiger partial charge in [-0.2, -0.15) is 0 Å². The van der Waals surface area contributed by atoms with Crippen LogP contribution in [0, 0.1) is 10.1 Å². The summed E-state index contributed by atoms with van der Waals surface area (Å²) in [4.78, 5) is 20.7. The van der Waals surface area contributed by atoms with E-state index in [1.165, 1.54) is 42.5 Å². The summed E-state index contributed by atoms with van der Waals surface area (Å²) in [5.41, 5.74) is -0.00396. The van der Waals surface area contributed by atoms with Gasteiger partial charge in [0.2, 0.25) is 0 Å². The van der Waals surface area contributed by atoms with Crippen molar-refractivity contribution in [2.45, 2.75) is 0 Å². The van der Waals surface area contributed by atoms with Crippen molar-refractivity contribution in [3.63, 3.8) is 0 Å². The molecule has 20 heavy (non-hydrogen) atoms. The fourth-order valence-corrected chi connectivity index (χ4v) is 1.69. The molecule has 2 aromatic carbocycles. The third-order valence-electron chi connectivity index (χ3n) is 2.46. The number of carbonyl (C=O) groups is 1. The molecule has 0 saturated heterocycles. The molecule has 0 spiro atoms. The molecule has 7 heteroatoms. The summed E-state index contributed by atoms with van der Waals surface area (Å²) in [6.45, 7) is 0. The van der Waals surface area contributed by atoms with Gasteiger partial charge in [0.05, 0.1) is 15.5 Å². The van der Waals surface area contributed by atoms with Crippen LogP contribution < -0.4 is 4.74 Å². The first kappa shape index (κ1) is 13.8. The molecule has 0 radical (unpaired) electrons. The van der Waals surface area contributed by atoms with Crippen LogP contribution >= 0.6 is 11.6 Å². The summed E-state index contributed by atoms with van der Waals surface area (Å²) >= 11 is 5.88. The second-order valence-electron chi connectivity index (χ2n) is 3.80. The fourth-order valence-electron chi connectivity index (χ4n) is 1.48. The Hall–Kier alpha value is -2.60. The lowest BCUT2D eigenvalue weighted by Gasteiger charge is -2.07. The molecule has 0 bridgehead atoms. The first-order valence-corrected chi connectivity index (χ1v) is 5.80. The normalized spacial score (nSPS) is 10.1. The standard InChI is InChI=1S/C13H8ClNO5/c14-11-7-9(15(18)19)3-6-12(11)20-10-4-1-8(2-5-10)13(16)17/h1-7H,(H,16,17). The molecule has 0 amide bonds. The Morgan fingerprint density at radius 2 is 1.85 bits per heavy atom. The first-order chi connectivity index (χ1) is 9.47. The highest BCUT2D eigenvalue weighted by molar-refractivity contribution is 6.32. The lowest BCUT2D eigenvalue weighted by Crippen LogP contribution is -1.95. The van der Waals surface area contributed by atoms with E-state index < -0.39 is 10.9 Å². The van der Waals surface area contributed by atoms with Crippen molar-refractivity contribution >= 4 is 23.3 Å². The first-order valence-electron chi connectivity index (χ1n) is 5.42. The highest BCUT2D eigenvalue weighted by Gasteiger charge is 2.11. The van der Waals surface area contributed by atoms with E-state index in [9.17, 15) is 14.9 Å². The molecule has 102 valence electrons. The second-order valence-corrected chi connectivity index (χ2v) is 4.21. The van der Waals surface area contributed by atoms with Crippen molar-refractivity contribution in [1.82, 2.24) is 0 Å². The highest BCUT2D eigenvalue weighted by Crippen LogP contribution is 2.32. The quantitative estimate of drug-likeness (QED) is 0.685. The van der Waals surface area contributed by atoms with E-state index >= 15 is 0 Å². The topological polar surface area (TPSA) is 89.7 Å². The Balaban J connectivity index is 2.21. The lowest BCUT2D eigenvalue weighted by atomic mass is 10.2. The maximum Gasteiger partial charge on any atom is 0.335 e. The van der Waals surface area contributed by atoms with Crippen LogP contribution in [0.3, 0.4) is 0 Å². The van der Waals surface area contributed by atoms with Crippen LogP contribution in [0.2, 0.25) is 5.02 Å². The van der Waals surface area contributed by atoms with Crippen molar-refractivity contribution in [3.05, 3.63) is 63.2 Å². The number of hydrogen-bond acceptors (Lipinski definition) is 4. The van der Waals surface area contributed by atoms with Crippen molar-refractivity contribution in [2.75, 3.05) is 0 Å². The maximum atomic E-state index is 10.7. The van der Waals surface area contributed by atoms with Gasteiger partial charge in [-0.3, -0.25) is 10.1 Å². The third-order valence-corrected chi connectivity index (χ3v) is 2.75. The number of rotatable bonds is 4. The zero-order chi connectivity index (χ0) is 14.7. The zero-order valence-electron chi connectivity index (χ0n) is 9.95. The summed E-state index contributed by atoms with van der Waals surface area (Å²) in [5.74, 6) is -0.406. The van der Waals surface area contributed by atoms with Gasteiger partial charge in [-0.1, -0.05) is 11.6 Å². The molecular weight excluding hydrogens is 286 g/mol. The van der Waals surface area contributed by atoms with Crippen LogP contribution in [-0.2, 0) is 0 Å². The number of ether oxygens (including phenoxy) is 1. The molecule has 0 unspecified atom stereocenters. The highest BCUT2D eigenvalue weighted by atomic mass is 35.5. The van der Waals surface area contributed by atoms with Gasteiger partial charge in [0.25, 0.3) is 5.69 Å². The van der Waals surface area contributed by atoms with Gasteiger partial charge in [-0.25, -0.2) is 4.79 Å². The molecule has 0 aliphatic rings. The summed E-state index contributed by atoms with van der Waals surface area (Å²) in [6.07, 6.45) is 0. The van der Waals surface area contributed by atoms with Crippen molar-refractivity contribution in [2.24, 2.45) is 0 Å². The minimum absolute atomic E-state index is 0.0986. The molecule has 2 aromatic rings. The minimum Gasteiger partial charge on any atom is -0.478 e. The molecule has 0 aliphatic heterocycles. The van der Waals surface area contributed by atoms with E-state index in [0.717, 1.165) is 0 Å². The number of nitro benzene ring substituents is 1. The maximum absolute atomic E-state index is 10.7. The number of benzene rings is 2. The predicted octanol–water partition coefficient (Wildman–Crippen LogP) is 3.74. The molecule has 0 atom stereocenters. The minimum atomic E-state index is -1.04. The van der Waals surface area contributed by atoms with Crippen LogP contribution in [0.15, 0.2) is 42.5 Å². The van der Waals surface area contributed by atoms with Gasteiger partial charge in [0.1, 0.15) is 11.5 Å². The number of aromatic carboxylic acids is 1. The molecule has 0 heterocycles. The Morgan fingerprint density at radius 1 is 1.20 bits per heavy atom. The van der Waals surface area contributed by atoms with Crippen LogP contribution in [-0.4, -0.2) is 16.0 Å². The van der Waals surface area contributed by atoms with E-state index in [1.807, 2.05) is 0 Å². The van der Waals surface area contributed by atoms with E-state index in [-0.39, 0.29) is 22.0 Å². The van der Waals surface area contributed by atoms with Crippen LogP contribution in [0.4, 0.5) is 5.69 Å². The van der Waals surface area contributed by atoms with Gasteiger partial charge >= 0.3 is 5.97 Å². The second kappa shape index (κ2) is 5.58. The molecule has 0 fully saturated rings. The predicted molar refractivity (Wildman–Crippen MR) is 71.6 cm³/mol. The number of nitrogens with zero attached hydrogens (tertiary/aromatic N) is 1. The van der Waals surface area contributed by atoms with Gasteiger partial charge in [-0.15, -0.1) is 0 Å². The molecule has 6 nitrogen and oxygen atoms in total. The molecule has 0 aromatic heterocycles. The van der Waals surface area contributed by atoms with Gasteiger partial charge in [0.15, 0.2) is 0 Å². The third kappa shape index (κ3) is 3.04. The molecule has 0 aliphatic carbocycles. The number of carboxylic acid groups (broad SMARTS) is 1. The largest absolute Gasteiger partial charge is 0.478 e. The zero-order valence-corrected chi connectivity index (χ0v) is 10.7. The number of nitro groups is 1. The van der Waals surface area contributed by atoms with Crippen molar-refractivity contribution in [3.8, 4) is 11.5 Å². The summed E-state index contributed by atoms with van der Waals surface area (Å²) in [7, 11) is 0. The molecule has 0 saturated carbocycles. The van der Waals surface area contributed by atoms with Crippen molar-refractivity contribution in [1.29, 1.82) is 0 Å². The molecule has 1 N–H and O–H groups in total.